The van der Waals surface area contributed by atoms with E-state index in [1.54, 1.807) is 0 Å². The zero-order chi connectivity index (χ0) is 18.5. The second kappa shape index (κ2) is 8.64. The molecule has 1 aromatic heterocycles. The molecule has 0 radical (unpaired) electrons. The van der Waals surface area contributed by atoms with Crippen LogP contribution >= 0.6 is 0 Å². The molecule has 9 heteroatoms. The van der Waals surface area contributed by atoms with Gasteiger partial charge in [0.05, 0.1) is 19.3 Å². The van der Waals surface area contributed by atoms with Crippen LogP contribution in [0, 0.1) is 0 Å². The molecule has 0 unspecified atom stereocenters. The number of rotatable bonds is 4. The summed E-state index contributed by atoms with van der Waals surface area (Å²) in [5.74, 6) is 0. The molecule has 0 spiro atoms. The van der Waals surface area contributed by atoms with E-state index in [0.29, 0.717) is 37.3 Å². The molecule has 3 heterocycles. The van der Waals surface area contributed by atoms with Gasteiger partial charge in [0.25, 0.3) is 0 Å². The Labute approximate surface area is 157 Å². The molecule has 1 N–H and O–H groups in total. The topological polar surface area (TPSA) is 93.0 Å². The fourth-order valence-corrected chi connectivity index (χ4v) is 3.49. The quantitative estimate of drug-likeness (QED) is 0.847. The Morgan fingerprint density at radius 3 is 2.89 bits per heavy atom. The zero-order valence-corrected chi connectivity index (χ0v) is 15.3. The number of hydrogen-bond donors (Lipinski definition) is 1. The van der Waals surface area contributed by atoms with Crippen LogP contribution in [0.4, 0.5) is 4.79 Å². The first-order chi connectivity index (χ1) is 13.3. The Morgan fingerprint density at radius 2 is 2.00 bits per heavy atom. The number of nitrogens with one attached hydrogen (secondary N) is 1. The zero-order valence-electron chi connectivity index (χ0n) is 15.3. The molecule has 4 rings (SSSR count). The van der Waals surface area contributed by atoms with Crippen molar-refractivity contribution in [2.75, 3.05) is 52.5 Å². The van der Waals surface area contributed by atoms with E-state index in [9.17, 15) is 4.79 Å². The van der Waals surface area contributed by atoms with E-state index in [-0.39, 0.29) is 12.1 Å². The van der Waals surface area contributed by atoms with Gasteiger partial charge < -0.3 is 19.7 Å². The third-order valence-electron chi connectivity index (χ3n) is 4.96. The van der Waals surface area contributed by atoms with Crippen molar-refractivity contribution in [3.05, 3.63) is 23.8 Å². The van der Waals surface area contributed by atoms with Gasteiger partial charge >= 0.3 is 6.03 Å². The van der Waals surface area contributed by atoms with E-state index >= 15 is 0 Å². The maximum Gasteiger partial charge on any atom is 0.317 e. The van der Waals surface area contributed by atoms with Crippen LogP contribution in [0.3, 0.4) is 0 Å². The maximum atomic E-state index is 12.7. The molecule has 2 saturated heterocycles. The minimum atomic E-state index is -0.0640. The number of carbonyl (C=O) groups excluding carboxylic acids is 1. The predicted molar refractivity (Wildman–Crippen MR) is 97.2 cm³/mol. The minimum absolute atomic E-state index is 0.0360. The van der Waals surface area contributed by atoms with Crippen LogP contribution in [-0.2, 0) is 16.0 Å². The Morgan fingerprint density at radius 1 is 1.15 bits per heavy atom. The number of urea groups is 1. The average Bonchev–Trinajstić information content (AvgIpc) is 3.04. The first-order valence-corrected chi connectivity index (χ1v) is 9.43. The van der Waals surface area contributed by atoms with Crippen molar-refractivity contribution in [3.8, 4) is 0 Å². The van der Waals surface area contributed by atoms with Crippen LogP contribution in [0.2, 0.25) is 0 Å². The normalized spacial score (nSPS) is 21.9. The van der Waals surface area contributed by atoms with Gasteiger partial charge in [-0.15, -0.1) is 0 Å². The number of benzene rings is 1. The standard InChI is InChI=1S/C18H25N5O4/c24-18(19-11-14-2-3-16-17(10-14)21-27-20-16)23-4-1-7-26-15(13-23)12-22-5-8-25-9-6-22/h2-3,10,15H,1,4-9,11-13H2,(H,19,24)/t15-/m1/s1. The highest BCUT2D eigenvalue weighted by atomic mass is 16.6. The molecule has 2 fully saturated rings. The number of aromatic nitrogens is 2. The number of hydrogen-bond acceptors (Lipinski definition) is 7. The Balaban J connectivity index is 1.30. The van der Waals surface area contributed by atoms with E-state index in [1.165, 1.54) is 0 Å². The molecule has 0 aliphatic carbocycles. The number of amides is 2. The SMILES string of the molecule is O=C(NCc1ccc2nonc2c1)N1CCCO[C@H](CN2CCOCC2)C1. The number of morpholine rings is 1. The van der Waals surface area contributed by atoms with E-state index < -0.39 is 0 Å². The van der Waals surface area contributed by atoms with Gasteiger partial charge in [0.15, 0.2) is 0 Å². The minimum Gasteiger partial charge on any atom is -0.379 e. The first-order valence-electron chi connectivity index (χ1n) is 9.43. The summed E-state index contributed by atoms with van der Waals surface area (Å²) in [5.41, 5.74) is 2.36. The number of ether oxygens (including phenoxy) is 2. The van der Waals surface area contributed by atoms with Crippen LogP contribution in [0.5, 0.6) is 0 Å². The molecule has 0 bridgehead atoms. The highest BCUT2D eigenvalue weighted by Gasteiger charge is 2.25. The van der Waals surface area contributed by atoms with Gasteiger partial charge in [-0.25, -0.2) is 9.42 Å². The molecule has 0 saturated carbocycles. The van der Waals surface area contributed by atoms with E-state index in [1.807, 2.05) is 23.1 Å². The number of carbonyl (C=O) groups is 1. The summed E-state index contributed by atoms with van der Waals surface area (Å²) < 4.78 is 16.1. The van der Waals surface area contributed by atoms with Gasteiger partial charge in [-0.2, -0.15) is 0 Å². The lowest BCUT2D eigenvalue weighted by Gasteiger charge is -2.31. The van der Waals surface area contributed by atoms with Crippen LogP contribution in [0.15, 0.2) is 22.8 Å². The van der Waals surface area contributed by atoms with Gasteiger partial charge in [-0.1, -0.05) is 6.07 Å². The Hall–Kier alpha value is -2.23. The fraction of sp³-hybridized carbons (Fsp3) is 0.611. The highest BCUT2D eigenvalue weighted by molar-refractivity contribution is 5.75. The average molecular weight is 375 g/mol. The lowest BCUT2D eigenvalue weighted by molar-refractivity contribution is -0.0101. The molecule has 2 amide bonds. The summed E-state index contributed by atoms with van der Waals surface area (Å²) in [6.07, 6.45) is 0.887. The third-order valence-corrected chi connectivity index (χ3v) is 4.96. The number of fused-ring (bicyclic) bond motifs is 1. The van der Waals surface area contributed by atoms with Crippen molar-refractivity contribution in [2.24, 2.45) is 0 Å². The summed E-state index contributed by atoms with van der Waals surface area (Å²) in [4.78, 5) is 16.9. The molecule has 1 atom stereocenters. The molecule has 2 aliphatic heterocycles. The molecule has 2 aromatic rings. The smallest absolute Gasteiger partial charge is 0.317 e. The Kier molecular flexibility index (Phi) is 5.81. The molecule has 9 nitrogen and oxygen atoms in total. The monoisotopic (exact) mass is 375 g/mol. The summed E-state index contributed by atoms with van der Waals surface area (Å²) in [6.45, 7) is 6.65. The maximum absolute atomic E-state index is 12.7. The fourth-order valence-electron chi connectivity index (χ4n) is 3.49. The lowest BCUT2D eigenvalue weighted by atomic mass is 10.2. The Bertz CT molecular complexity index is 761. The van der Waals surface area contributed by atoms with E-state index in [4.69, 9.17) is 14.1 Å². The molecule has 146 valence electrons. The van der Waals surface area contributed by atoms with Crippen molar-refractivity contribution in [3.63, 3.8) is 0 Å². The summed E-state index contributed by atoms with van der Waals surface area (Å²) >= 11 is 0. The second-order valence-corrected chi connectivity index (χ2v) is 6.95. The predicted octanol–water partition coefficient (Wildman–Crippen LogP) is 0.856. The van der Waals surface area contributed by atoms with Gasteiger partial charge in [0.1, 0.15) is 11.0 Å². The van der Waals surface area contributed by atoms with Crippen LogP contribution in [0.25, 0.3) is 11.0 Å². The summed E-state index contributed by atoms with van der Waals surface area (Å²) in [5, 5.41) is 10.6. The first kappa shape index (κ1) is 18.1. The van der Waals surface area contributed by atoms with Crippen molar-refractivity contribution in [2.45, 2.75) is 19.1 Å². The van der Waals surface area contributed by atoms with Crippen molar-refractivity contribution in [1.29, 1.82) is 0 Å². The van der Waals surface area contributed by atoms with Crippen LogP contribution in [-0.4, -0.2) is 84.8 Å². The summed E-state index contributed by atoms with van der Waals surface area (Å²) in [7, 11) is 0. The van der Waals surface area contributed by atoms with Crippen molar-refractivity contribution >= 4 is 17.1 Å². The third kappa shape index (κ3) is 4.74. The van der Waals surface area contributed by atoms with Crippen molar-refractivity contribution in [1.82, 2.24) is 25.4 Å². The lowest BCUT2D eigenvalue weighted by Crippen LogP contribution is -2.47. The van der Waals surface area contributed by atoms with Crippen LogP contribution in [0.1, 0.15) is 12.0 Å². The van der Waals surface area contributed by atoms with Crippen molar-refractivity contribution < 1.29 is 18.9 Å². The summed E-state index contributed by atoms with van der Waals surface area (Å²) in [6, 6.07) is 5.56. The van der Waals surface area contributed by atoms with Gasteiger partial charge in [0, 0.05) is 45.9 Å². The molecule has 27 heavy (non-hydrogen) atoms. The molecule has 2 aliphatic rings. The molecular formula is C18H25N5O4. The van der Waals surface area contributed by atoms with Gasteiger partial charge in [-0.3, -0.25) is 4.90 Å². The highest BCUT2D eigenvalue weighted by Crippen LogP contribution is 2.12. The molecular weight excluding hydrogens is 350 g/mol. The van der Waals surface area contributed by atoms with E-state index in [2.05, 4.69) is 20.5 Å². The van der Waals surface area contributed by atoms with Crippen LogP contribution < -0.4 is 5.32 Å². The number of nitrogens with zero attached hydrogens (tertiary/aromatic N) is 4. The molecule has 1 aromatic carbocycles. The largest absolute Gasteiger partial charge is 0.379 e. The van der Waals surface area contributed by atoms with Gasteiger partial charge in [-0.05, 0) is 34.4 Å². The van der Waals surface area contributed by atoms with E-state index in [0.717, 1.165) is 44.8 Å². The second-order valence-electron chi connectivity index (χ2n) is 6.95. The van der Waals surface area contributed by atoms with Gasteiger partial charge in [0.2, 0.25) is 0 Å².